The van der Waals surface area contributed by atoms with Crippen LogP contribution in [0.1, 0.15) is 12.5 Å². The van der Waals surface area contributed by atoms with Gasteiger partial charge in [0.05, 0.1) is 13.2 Å². The number of hydrogen-bond donors (Lipinski definition) is 2. The van der Waals surface area contributed by atoms with E-state index in [4.69, 9.17) is 5.11 Å². The van der Waals surface area contributed by atoms with E-state index in [9.17, 15) is 8.78 Å². The zero-order valence-electron chi connectivity index (χ0n) is 10.5. The first-order valence-corrected chi connectivity index (χ1v) is 5.79. The van der Waals surface area contributed by atoms with Crippen molar-refractivity contribution in [3.63, 3.8) is 0 Å². The molecule has 1 aromatic rings. The molecule has 5 nitrogen and oxygen atoms in total. The highest BCUT2D eigenvalue weighted by molar-refractivity contribution is 5.58. The molecule has 1 aromatic heterocycles. The molecular formula is C11H18F2N4O. The first-order valence-electron chi connectivity index (χ1n) is 5.79. The van der Waals surface area contributed by atoms with Gasteiger partial charge in [0, 0.05) is 19.2 Å². The van der Waals surface area contributed by atoms with Crippen molar-refractivity contribution >= 4 is 11.6 Å². The number of aliphatic hydroxyl groups excluding tert-OH is 1. The Kier molecular flexibility index (Phi) is 5.70. The number of anilines is 2. The lowest BCUT2D eigenvalue weighted by Crippen LogP contribution is -2.33. The number of hydrogen-bond acceptors (Lipinski definition) is 5. The molecule has 7 heteroatoms. The van der Waals surface area contributed by atoms with Crippen LogP contribution in [0.5, 0.6) is 0 Å². The molecule has 0 bridgehead atoms. The summed E-state index contributed by atoms with van der Waals surface area (Å²) in [5, 5.41) is 11.9. The Labute approximate surface area is 105 Å². The van der Waals surface area contributed by atoms with Gasteiger partial charge in [-0.25, -0.2) is 18.7 Å². The van der Waals surface area contributed by atoms with Gasteiger partial charge in [0.25, 0.3) is 6.43 Å². The molecule has 0 saturated carbocycles. The molecule has 0 aliphatic carbocycles. The van der Waals surface area contributed by atoms with Crippen LogP contribution in [0.15, 0.2) is 6.33 Å². The summed E-state index contributed by atoms with van der Waals surface area (Å²) in [4.78, 5) is 9.49. The van der Waals surface area contributed by atoms with Crippen LogP contribution in [0, 0.1) is 0 Å². The van der Waals surface area contributed by atoms with Crippen LogP contribution in [0.2, 0.25) is 0 Å². The van der Waals surface area contributed by atoms with E-state index in [1.54, 1.807) is 7.05 Å². The highest BCUT2D eigenvalue weighted by Crippen LogP contribution is 2.24. The summed E-state index contributed by atoms with van der Waals surface area (Å²) in [7, 11) is 1.72. The van der Waals surface area contributed by atoms with Crippen molar-refractivity contribution in [1.29, 1.82) is 0 Å². The monoisotopic (exact) mass is 260 g/mol. The summed E-state index contributed by atoms with van der Waals surface area (Å²) < 4.78 is 25.1. The van der Waals surface area contributed by atoms with Gasteiger partial charge < -0.3 is 15.3 Å². The number of alkyl halides is 2. The quantitative estimate of drug-likeness (QED) is 0.770. The molecule has 0 fully saturated rings. The van der Waals surface area contributed by atoms with E-state index < -0.39 is 13.0 Å². The molecule has 0 aliphatic rings. The second-order valence-electron chi connectivity index (χ2n) is 3.69. The predicted octanol–water partition coefficient (Wildman–Crippen LogP) is 1.14. The summed E-state index contributed by atoms with van der Waals surface area (Å²) in [6.07, 6.45) is -0.525. The molecule has 0 saturated heterocycles. The van der Waals surface area contributed by atoms with Crippen LogP contribution in [0.3, 0.4) is 0 Å². The van der Waals surface area contributed by atoms with Gasteiger partial charge in [-0.1, -0.05) is 6.92 Å². The highest BCUT2D eigenvalue weighted by atomic mass is 19.3. The van der Waals surface area contributed by atoms with Gasteiger partial charge in [-0.15, -0.1) is 0 Å². The Hall–Kier alpha value is -1.50. The van der Waals surface area contributed by atoms with Gasteiger partial charge in [-0.2, -0.15) is 0 Å². The maximum absolute atomic E-state index is 12.5. The van der Waals surface area contributed by atoms with Gasteiger partial charge in [-0.3, -0.25) is 0 Å². The normalized spacial score (nSPS) is 10.8. The Morgan fingerprint density at radius 2 is 2.17 bits per heavy atom. The fourth-order valence-electron chi connectivity index (χ4n) is 1.79. The van der Waals surface area contributed by atoms with Gasteiger partial charge in [0.2, 0.25) is 0 Å². The third-order valence-corrected chi connectivity index (χ3v) is 2.54. The molecule has 0 aliphatic heterocycles. The minimum absolute atomic E-state index is 0.123. The molecule has 0 amide bonds. The number of rotatable bonds is 7. The summed E-state index contributed by atoms with van der Waals surface area (Å²) in [5.74, 6) is 1.07. The third kappa shape index (κ3) is 3.49. The number of nitrogens with one attached hydrogen (secondary N) is 1. The lowest BCUT2D eigenvalue weighted by molar-refractivity contribution is 0.152. The molecule has 102 valence electrons. The largest absolute Gasteiger partial charge is 0.395 e. The van der Waals surface area contributed by atoms with Crippen LogP contribution in [0.25, 0.3) is 0 Å². The first kappa shape index (κ1) is 14.6. The molecule has 1 heterocycles. The van der Waals surface area contributed by atoms with E-state index in [0.29, 0.717) is 18.1 Å². The minimum atomic E-state index is -2.48. The van der Waals surface area contributed by atoms with E-state index in [2.05, 4.69) is 15.3 Å². The topological polar surface area (TPSA) is 61.3 Å². The van der Waals surface area contributed by atoms with Crippen LogP contribution < -0.4 is 10.2 Å². The second-order valence-corrected chi connectivity index (χ2v) is 3.69. The van der Waals surface area contributed by atoms with Crippen molar-refractivity contribution in [2.45, 2.75) is 19.8 Å². The molecule has 0 radical (unpaired) electrons. The maximum Gasteiger partial charge on any atom is 0.255 e. The van der Waals surface area contributed by atoms with Crippen molar-refractivity contribution in [2.24, 2.45) is 0 Å². The molecule has 0 aromatic carbocycles. The van der Waals surface area contributed by atoms with Gasteiger partial charge in [-0.05, 0) is 6.42 Å². The maximum atomic E-state index is 12.5. The second kappa shape index (κ2) is 7.05. The van der Waals surface area contributed by atoms with Crippen molar-refractivity contribution in [1.82, 2.24) is 9.97 Å². The number of nitrogens with zero attached hydrogens (tertiary/aromatic N) is 3. The summed E-state index contributed by atoms with van der Waals surface area (Å²) in [5.41, 5.74) is 0.772. The smallest absolute Gasteiger partial charge is 0.255 e. The Bertz CT molecular complexity index is 376. The Balaban J connectivity index is 3.09. The van der Waals surface area contributed by atoms with Crippen LogP contribution in [0.4, 0.5) is 20.4 Å². The lowest BCUT2D eigenvalue weighted by Gasteiger charge is -2.25. The average molecular weight is 260 g/mol. The van der Waals surface area contributed by atoms with Gasteiger partial charge >= 0.3 is 0 Å². The van der Waals surface area contributed by atoms with Crippen LogP contribution in [-0.4, -0.2) is 48.2 Å². The zero-order chi connectivity index (χ0) is 13.5. The molecule has 2 N–H and O–H groups in total. The summed E-state index contributed by atoms with van der Waals surface area (Å²) >= 11 is 0. The molecule has 18 heavy (non-hydrogen) atoms. The van der Waals surface area contributed by atoms with Crippen LogP contribution >= 0.6 is 0 Å². The fraction of sp³-hybridized carbons (Fsp3) is 0.636. The molecule has 0 spiro atoms. The Morgan fingerprint density at radius 3 is 2.67 bits per heavy atom. The number of aromatic nitrogens is 2. The molecule has 0 atom stereocenters. The molecule has 1 rings (SSSR count). The molecule has 0 unspecified atom stereocenters. The van der Waals surface area contributed by atoms with E-state index >= 15 is 0 Å². The SMILES string of the molecule is CCc1c(NC)ncnc1N(CCO)CC(F)F. The van der Waals surface area contributed by atoms with Gasteiger partial charge in [0.15, 0.2) is 0 Å². The van der Waals surface area contributed by atoms with Crippen LogP contribution in [-0.2, 0) is 6.42 Å². The van der Waals surface area contributed by atoms with E-state index in [-0.39, 0.29) is 13.2 Å². The number of aliphatic hydroxyl groups is 1. The highest BCUT2D eigenvalue weighted by Gasteiger charge is 2.18. The zero-order valence-corrected chi connectivity index (χ0v) is 10.5. The van der Waals surface area contributed by atoms with E-state index in [0.717, 1.165) is 5.56 Å². The predicted molar refractivity (Wildman–Crippen MR) is 66.3 cm³/mol. The fourth-order valence-corrected chi connectivity index (χ4v) is 1.79. The third-order valence-electron chi connectivity index (χ3n) is 2.54. The van der Waals surface area contributed by atoms with Gasteiger partial charge in [0.1, 0.15) is 18.0 Å². The number of halogens is 2. The summed E-state index contributed by atoms with van der Waals surface area (Å²) in [6, 6.07) is 0. The standard InChI is InChI=1S/C11H18F2N4O/c1-3-8-10(14-2)15-7-16-11(8)17(4-5-18)6-9(12)13/h7,9,18H,3-6H2,1-2H3,(H,14,15,16). The van der Waals surface area contributed by atoms with Crippen molar-refractivity contribution < 1.29 is 13.9 Å². The van der Waals surface area contributed by atoms with Crippen molar-refractivity contribution in [3.8, 4) is 0 Å². The summed E-state index contributed by atoms with van der Waals surface area (Å²) in [6.45, 7) is 1.38. The first-order chi connectivity index (χ1) is 8.63. The van der Waals surface area contributed by atoms with Crippen molar-refractivity contribution in [3.05, 3.63) is 11.9 Å². The van der Waals surface area contributed by atoms with E-state index in [1.807, 2.05) is 6.92 Å². The van der Waals surface area contributed by atoms with Crippen molar-refractivity contribution in [2.75, 3.05) is 37.0 Å². The Morgan fingerprint density at radius 1 is 1.44 bits per heavy atom. The lowest BCUT2D eigenvalue weighted by atomic mass is 10.2. The minimum Gasteiger partial charge on any atom is -0.395 e. The van der Waals surface area contributed by atoms with E-state index in [1.165, 1.54) is 11.2 Å². The molecular weight excluding hydrogens is 242 g/mol. The average Bonchev–Trinajstić information content (AvgIpc) is 2.36.